The van der Waals surface area contributed by atoms with Crippen molar-refractivity contribution in [3.8, 4) is 0 Å². The minimum atomic E-state index is -0.731. The summed E-state index contributed by atoms with van der Waals surface area (Å²) >= 11 is 5.62. The minimum absolute atomic E-state index is 0.00280. The second-order valence-electron chi connectivity index (χ2n) is 6.63. The maximum absolute atomic E-state index is 13.0. The zero-order chi connectivity index (χ0) is 14.5. The molecule has 2 aliphatic carbocycles. The van der Waals surface area contributed by atoms with E-state index in [1.807, 2.05) is 13.8 Å². The number of piperazine rings is 1. The molecule has 110 valence electrons. The highest BCUT2D eigenvalue weighted by atomic mass is 35.5. The molecule has 1 heterocycles. The monoisotopic (exact) mass is 296 g/mol. The summed E-state index contributed by atoms with van der Waals surface area (Å²) in [5.41, 5.74) is -0.0326. The highest BCUT2D eigenvalue weighted by Crippen LogP contribution is 2.49. The fourth-order valence-corrected chi connectivity index (χ4v) is 3.52. The summed E-state index contributed by atoms with van der Waals surface area (Å²) in [5.74, 6) is 0.602. The van der Waals surface area contributed by atoms with Crippen LogP contribution in [0.4, 0.5) is 0 Å². The van der Waals surface area contributed by atoms with Crippen LogP contribution in [0.25, 0.3) is 0 Å². The van der Waals surface area contributed by atoms with Gasteiger partial charge in [0.2, 0.25) is 11.8 Å². The van der Waals surface area contributed by atoms with Gasteiger partial charge in [-0.05, 0) is 51.4 Å². The fourth-order valence-electron chi connectivity index (χ4n) is 3.44. The highest BCUT2D eigenvalue weighted by molar-refractivity contribution is 6.25. The number of hydrogen-bond acceptors (Lipinski definition) is 2. The Morgan fingerprint density at radius 2 is 1.85 bits per heavy atom. The lowest BCUT2D eigenvalue weighted by Crippen LogP contribution is -2.75. The van der Waals surface area contributed by atoms with Crippen molar-refractivity contribution in [2.24, 2.45) is 11.8 Å². The molecule has 0 radical (unpaired) electrons. The summed E-state index contributed by atoms with van der Waals surface area (Å²) in [6.07, 6.45) is 5.80. The van der Waals surface area contributed by atoms with Crippen molar-refractivity contribution < 1.29 is 9.59 Å². The molecule has 1 saturated heterocycles. The maximum atomic E-state index is 13.0. The number of hydrogen-bond donors (Lipinski definition) is 1. The normalized spacial score (nSPS) is 38.5. The van der Waals surface area contributed by atoms with Gasteiger partial charge in [0, 0.05) is 12.1 Å². The van der Waals surface area contributed by atoms with Crippen molar-refractivity contribution in [1.29, 1.82) is 0 Å². The Kier molecular flexibility index (Phi) is 3.12. The van der Waals surface area contributed by atoms with Crippen LogP contribution in [-0.2, 0) is 9.59 Å². The Labute approximate surface area is 124 Å². The van der Waals surface area contributed by atoms with Gasteiger partial charge in [-0.3, -0.25) is 9.59 Å². The second-order valence-corrected chi connectivity index (χ2v) is 6.88. The van der Waals surface area contributed by atoms with Crippen molar-refractivity contribution in [2.75, 3.05) is 6.54 Å². The Balaban J connectivity index is 1.96. The predicted molar refractivity (Wildman–Crippen MR) is 77.1 cm³/mol. The van der Waals surface area contributed by atoms with E-state index in [0.29, 0.717) is 6.54 Å². The van der Waals surface area contributed by atoms with Crippen LogP contribution in [0.5, 0.6) is 0 Å². The molecule has 1 aliphatic heterocycles. The Morgan fingerprint density at radius 3 is 2.35 bits per heavy atom. The fraction of sp³-hybridized carbons (Fsp3) is 0.733. The lowest BCUT2D eigenvalue weighted by molar-refractivity contribution is -0.163. The quantitative estimate of drug-likeness (QED) is 0.863. The van der Waals surface area contributed by atoms with Crippen LogP contribution in [-0.4, -0.2) is 34.3 Å². The summed E-state index contributed by atoms with van der Waals surface area (Å²) in [6, 6.07) is 0. The Morgan fingerprint density at radius 1 is 1.25 bits per heavy atom. The highest BCUT2D eigenvalue weighted by Gasteiger charge is 2.62. The van der Waals surface area contributed by atoms with Gasteiger partial charge < -0.3 is 10.2 Å². The van der Waals surface area contributed by atoms with Gasteiger partial charge in [-0.25, -0.2) is 0 Å². The van der Waals surface area contributed by atoms with E-state index in [9.17, 15) is 9.59 Å². The number of carbonyl (C=O) groups excluding carboxylic acids is 2. The van der Waals surface area contributed by atoms with E-state index in [1.54, 1.807) is 11.0 Å². The van der Waals surface area contributed by atoms with Gasteiger partial charge in [-0.1, -0.05) is 17.7 Å². The number of amides is 2. The van der Waals surface area contributed by atoms with Crippen molar-refractivity contribution >= 4 is 23.4 Å². The van der Waals surface area contributed by atoms with E-state index >= 15 is 0 Å². The third-order valence-electron chi connectivity index (χ3n) is 5.23. The minimum Gasteiger partial charge on any atom is -0.340 e. The summed E-state index contributed by atoms with van der Waals surface area (Å²) in [7, 11) is 0. The smallest absolute Gasteiger partial charge is 0.249 e. The summed E-state index contributed by atoms with van der Waals surface area (Å²) in [4.78, 5) is 27.4. The number of rotatable bonds is 4. The molecule has 3 aliphatic rings. The van der Waals surface area contributed by atoms with Gasteiger partial charge in [0.25, 0.3) is 0 Å². The van der Waals surface area contributed by atoms with Crippen LogP contribution in [0.15, 0.2) is 11.6 Å². The molecule has 0 spiro atoms. The predicted octanol–water partition coefficient (Wildman–Crippen LogP) is 2.03. The SMILES string of the molecule is CC1(C2CC2)NC(=O)C(C)(C2CC2)N(C/C=C/Cl)C1=O. The molecule has 0 bridgehead atoms. The van der Waals surface area contributed by atoms with E-state index in [-0.39, 0.29) is 23.7 Å². The van der Waals surface area contributed by atoms with Crippen molar-refractivity contribution in [3.05, 3.63) is 11.6 Å². The van der Waals surface area contributed by atoms with Gasteiger partial charge in [0.15, 0.2) is 0 Å². The average Bonchev–Trinajstić information content (AvgIpc) is 3.28. The lowest BCUT2D eigenvalue weighted by atomic mass is 9.81. The van der Waals surface area contributed by atoms with Crippen LogP contribution in [0.1, 0.15) is 39.5 Å². The molecule has 2 unspecified atom stereocenters. The zero-order valence-electron chi connectivity index (χ0n) is 12.0. The number of carbonyl (C=O) groups is 2. The van der Waals surface area contributed by atoms with E-state index < -0.39 is 11.1 Å². The Bertz CT molecular complexity index is 484. The molecule has 0 aromatic rings. The zero-order valence-corrected chi connectivity index (χ0v) is 12.7. The lowest BCUT2D eigenvalue weighted by Gasteiger charge is -2.50. The van der Waals surface area contributed by atoms with Crippen LogP contribution in [0.2, 0.25) is 0 Å². The average molecular weight is 297 g/mol. The molecule has 3 rings (SSSR count). The molecular formula is C15H21ClN2O2. The summed E-state index contributed by atoms with van der Waals surface area (Å²) in [6.45, 7) is 4.17. The number of nitrogens with one attached hydrogen (secondary N) is 1. The standard InChI is InChI=1S/C15H21ClN2O2/c1-14(10-4-5-10)13(20)18(9-3-8-16)15(2,11-6-7-11)12(19)17-14/h3,8,10-11H,4-7,9H2,1-2H3,(H,17,19)/b8-3+. The van der Waals surface area contributed by atoms with Crippen molar-refractivity contribution in [3.63, 3.8) is 0 Å². The van der Waals surface area contributed by atoms with E-state index in [2.05, 4.69) is 5.32 Å². The van der Waals surface area contributed by atoms with Gasteiger partial charge in [0.1, 0.15) is 11.1 Å². The third-order valence-corrected chi connectivity index (χ3v) is 5.40. The molecule has 2 amide bonds. The third kappa shape index (κ3) is 1.88. The van der Waals surface area contributed by atoms with Gasteiger partial charge in [-0.15, -0.1) is 0 Å². The maximum Gasteiger partial charge on any atom is 0.249 e. The van der Waals surface area contributed by atoms with E-state index in [4.69, 9.17) is 11.6 Å². The first-order valence-electron chi connectivity index (χ1n) is 7.34. The summed E-state index contributed by atoms with van der Waals surface area (Å²) < 4.78 is 0. The van der Waals surface area contributed by atoms with Crippen LogP contribution < -0.4 is 5.32 Å². The van der Waals surface area contributed by atoms with Crippen molar-refractivity contribution in [1.82, 2.24) is 10.2 Å². The Hall–Kier alpha value is -1.03. The molecule has 5 heteroatoms. The largest absolute Gasteiger partial charge is 0.340 e. The molecule has 4 nitrogen and oxygen atoms in total. The molecule has 20 heavy (non-hydrogen) atoms. The first-order chi connectivity index (χ1) is 9.44. The molecule has 0 aromatic carbocycles. The second kappa shape index (κ2) is 4.48. The first kappa shape index (κ1) is 13.9. The van der Waals surface area contributed by atoms with Crippen LogP contribution >= 0.6 is 11.6 Å². The molecule has 0 aromatic heterocycles. The van der Waals surface area contributed by atoms with E-state index in [1.165, 1.54) is 5.54 Å². The van der Waals surface area contributed by atoms with Gasteiger partial charge in [-0.2, -0.15) is 0 Å². The molecular weight excluding hydrogens is 276 g/mol. The number of nitrogens with zero attached hydrogens (tertiary/aromatic N) is 1. The molecule has 1 N–H and O–H groups in total. The van der Waals surface area contributed by atoms with Gasteiger partial charge in [0.05, 0.1) is 0 Å². The van der Waals surface area contributed by atoms with Crippen LogP contribution in [0, 0.1) is 11.8 Å². The van der Waals surface area contributed by atoms with Crippen molar-refractivity contribution in [2.45, 2.75) is 50.6 Å². The topological polar surface area (TPSA) is 49.4 Å². The van der Waals surface area contributed by atoms with Crippen LogP contribution in [0.3, 0.4) is 0 Å². The summed E-state index contributed by atoms with van der Waals surface area (Å²) in [5, 5.41) is 3.04. The van der Waals surface area contributed by atoms with E-state index in [0.717, 1.165) is 25.7 Å². The first-order valence-corrected chi connectivity index (χ1v) is 7.78. The molecule has 2 saturated carbocycles. The van der Waals surface area contributed by atoms with Gasteiger partial charge >= 0.3 is 0 Å². The number of halogens is 1. The molecule has 2 atom stereocenters. The molecule has 3 fully saturated rings.